The molecule has 0 rings (SSSR count). The zero-order chi connectivity index (χ0) is 9.61. The summed E-state index contributed by atoms with van der Waals surface area (Å²) in [6.07, 6.45) is 0.654. The second-order valence-electron chi connectivity index (χ2n) is 3.08. The van der Waals surface area contributed by atoms with Crippen LogP contribution in [-0.4, -0.2) is 23.9 Å². The van der Waals surface area contributed by atoms with Crippen molar-refractivity contribution in [3.63, 3.8) is 0 Å². The average Bonchev–Trinajstić information content (AvgIpc) is 2.07. The number of hydrogen-bond acceptors (Lipinski definition) is 3. The first-order valence-electron chi connectivity index (χ1n) is 4.29. The maximum Gasteiger partial charge on any atom is 0.156 e. The Kier molecular flexibility index (Phi) is 4.87. The van der Waals surface area contributed by atoms with Crippen molar-refractivity contribution >= 4 is 0 Å². The van der Waals surface area contributed by atoms with Crippen LogP contribution in [0.1, 0.15) is 27.2 Å². The van der Waals surface area contributed by atoms with Gasteiger partial charge < -0.3 is 9.84 Å². The predicted octanol–water partition coefficient (Wildman–Crippen LogP) is 1.32. The van der Waals surface area contributed by atoms with E-state index >= 15 is 0 Å². The molecule has 0 aromatic rings. The third-order valence-electron chi connectivity index (χ3n) is 2.10. The van der Waals surface area contributed by atoms with Gasteiger partial charge in [0, 0.05) is 0 Å². The molecule has 0 aromatic carbocycles. The number of rotatable bonds is 5. The minimum Gasteiger partial charge on any atom is -0.394 e. The lowest BCUT2D eigenvalue weighted by molar-refractivity contribution is -0.0504. The van der Waals surface area contributed by atoms with Crippen molar-refractivity contribution in [2.24, 2.45) is 5.92 Å². The van der Waals surface area contributed by atoms with Crippen LogP contribution in [0.5, 0.6) is 0 Å². The molecule has 0 aliphatic carbocycles. The van der Waals surface area contributed by atoms with Crippen molar-refractivity contribution in [1.29, 1.82) is 5.26 Å². The molecule has 0 spiro atoms. The van der Waals surface area contributed by atoms with Crippen molar-refractivity contribution in [2.45, 2.75) is 32.8 Å². The van der Waals surface area contributed by atoms with E-state index in [1.54, 1.807) is 0 Å². The standard InChI is InChI=1S/C9H17NO2/c1-4-9(7-10,8(2)3)12-6-5-11/h8,11H,4-6H2,1-3H3. The molecule has 0 fully saturated rings. The Hall–Kier alpha value is -0.590. The van der Waals surface area contributed by atoms with E-state index in [4.69, 9.17) is 15.1 Å². The van der Waals surface area contributed by atoms with E-state index in [-0.39, 0.29) is 19.1 Å². The molecule has 0 aromatic heterocycles. The van der Waals surface area contributed by atoms with Gasteiger partial charge >= 0.3 is 0 Å². The van der Waals surface area contributed by atoms with Crippen LogP contribution in [0.3, 0.4) is 0 Å². The van der Waals surface area contributed by atoms with Crippen molar-refractivity contribution < 1.29 is 9.84 Å². The summed E-state index contributed by atoms with van der Waals surface area (Å²) in [6.45, 7) is 6.02. The molecule has 0 bridgehead atoms. The number of nitrogens with zero attached hydrogens (tertiary/aromatic N) is 1. The van der Waals surface area contributed by atoms with Crippen molar-refractivity contribution in [3.8, 4) is 6.07 Å². The highest BCUT2D eigenvalue weighted by Crippen LogP contribution is 2.24. The van der Waals surface area contributed by atoms with Crippen LogP contribution < -0.4 is 0 Å². The van der Waals surface area contributed by atoms with E-state index in [0.717, 1.165) is 0 Å². The van der Waals surface area contributed by atoms with E-state index in [2.05, 4.69) is 6.07 Å². The normalized spacial score (nSPS) is 15.7. The molecule has 0 aliphatic rings. The summed E-state index contributed by atoms with van der Waals surface area (Å²) in [6, 6.07) is 2.17. The van der Waals surface area contributed by atoms with Crippen LogP contribution in [-0.2, 0) is 4.74 Å². The van der Waals surface area contributed by atoms with Crippen LogP contribution in [0.2, 0.25) is 0 Å². The van der Waals surface area contributed by atoms with Gasteiger partial charge in [-0.25, -0.2) is 0 Å². The Morgan fingerprint density at radius 3 is 2.42 bits per heavy atom. The zero-order valence-electron chi connectivity index (χ0n) is 8.00. The van der Waals surface area contributed by atoms with Crippen LogP contribution in [0.25, 0.3) is 0 Å². The van der Waals surface area contributed by atoms with Gasteiger partial charge in [-0.15, -0.1) is 0 Å². The van der Waals surface area contributed by atoms with E-state index in [1.807, 2.05) is 20.8 Å². The highest BCUT2D eigenvalue weighted by Gasteiger charge is 2.32. The van der Waals surface area contributed by atoms with Crippen molar-refractivity contribution in [2.75, 3.05) is 13.2 Å². The Morgan fingerprint density at radius 1 is 1.58 bits per heavy atom. The number of ether oxygens (including phenoxy) is 1. The first-order chi connectivity index (χ1) is 5.63. The first kappa shape index (κ1) is 11.4. The summed E-state index contributed by atoms with van der Waals surface area (Å²) >= 11 is 0. The van der Waals surface area contributed by atoms with Gasteiger partial charge in [-0.05, 0) is 12.3 Å². The van der Waals surface area contributed by atoms with Gasteiger partial charge in [0.2, 0.25) is 0 Å². The molecule has 0 amide bonds. The monoisotopic (exact) mass is 171 g/mol. The molecule has 3 heteroatoms. The molecule has 0 aliphatic heterocycles. The molecule has 0 saturated heterocycles. The van der Waals surface area contributed by atoms with Crippen LogP contribution in [0.4, 0.5) is 0 Å². The lowest BCUT2D eigenvalue weighted by Crippen LogP contribution is -2.37. The molecule has 1 N–H and O–H groups in total. The molecule has 0 radical (unpaired) electrons. The van der Waals surface area contributed by atoms with Gasteiger partial charge in [0.05, 0.1) is 19.3 Å². The third kappa shape index (κ3) is 2.47. The SMILES string of the molecule is CCC(C#N)(OCCO)C(C)C. The first-order valence-corrected chi connectivity index (χ1v) is 4.29. The second-order valence-corrected chi connectivity index (χ2v) is 3.08. The number of aliphatic hydroxyl groups is 1. The minimum atomic E-state index is -0.720. The topological polar surface area (TPSA) is 53.2 Å². The van der Waals surface area contributed by atoms with E-state index in [9.17, 15) is 0 Å². The number of hydrogen-bond donors (Lipinski definition) is 1. The van der Waals surface area contributed by atoms with Crippen LogP contribution in [0.15, 0.2) is 0 Å². The molecular formula is C9H17NO2. The summed E-state index contributed by atoms with van der Waals surface area (Å²) in [5, 5.41) is 17.5. The van der Waals surface area contributed by atoms with E-state index in [0.29, 0.717) is 6.42 Å². The summed E-state index contributed by atoms with van der Waals surface area (Å²) in [7, 11) is 0. The maximum atomic E-state index is 8.92. The fourth-order valence-corrected chi connectivity index (χ4v) is 1.15. The smallest absolute Gasteiger partial charge is 0.156 e. The highest BCUT2D eigenvalue weighted by atomic mass is 16.5. The Balaban J connectivity index is 4.28. The second kappa shape index (κ2) is 5.13. The molecule has 70 valence electrons. The number of aliphatic hydroxyl groups excluding tert-OH is 1. The van der Waals surface area contributed by atoms with Gasteiger partial charge in [-0.3, -0.25) is 0 Å². The Labute approximate surface area is 74.0 Å². The molecule has 0 saturated carbocycles. The van der Waals surface area contributed by atoms with Crippen molar-refractivity contribution in [3.05, 3.63) is 0 Å². The maximum absolute atomic E-state index is 8.92. The van der Waals surface area contributed by atoms with Gasteiger partial charge in [-0.2, -0.15) is 5.26 Å². The lowest BCUT2D eigenvalue weighted by atomic mass is 9.89. The molecule has 0 heterocycles. The Morgan fingerprint density at radius 2 is 2.17 bits per heavy atom. The third-order valence-corrected chi connectivity index (χ3v) is 2.10. The zero-order valence-corrected chi connectivity index (χ0v) is 8.00. The van der Waals surface area contributed by atoms with Crippen LogP contribution >= 0.6 is 0 Å². The fourth-order valence-electron chi connectivity index (χ4n) is 1.15. The summed E-state index contributed by atoms with van der Waals surface area (Å²) in [5.41, 5.74) is -0.720. The lowest BCUT2D eigenvalue weighted by Gasteiger charge is -2.29. The molecule has 3 nitrogen and oxygen atoms in total. The molecule has 1 unspecified atom stereocenters. The fraction of sp³-hybridized carbons (Fsp3) is 0.889. The predicted molar refractivity (Wildman–Crippen MR) is 46.5 cm³/mol. The van der Waals surface area contributed by atoms with Gasteiger partial charge in [-0.1, -0.05) is 20.8 Å². The van der Waals surface area contributed by atoms with Gasteiger partial charge in [0.25, 0.3) is 0 Å². The average molecular weight is 171 g/mol. The van der Waals surface area contributed by atoms with Gasteiger partial charge in [0.15, 0.2) is 5.60 Å². The van der Waals surface area contributed by atoms with Crippen LogP contribution in [0, 0.1) is 17.2 Å². The Bertz CT molecular complexity index is 162. The van der Waals surface area contributed by atoms with E-state index < -0.39 is 5.60 Å². The van der Waals surface area contributed by atoms with E-state index in [1.165, 1.54) is 0 Å². The minimum absolute atomic E-state index is 0.0316. The molecule has 1 atom stereocenters. The summed E-state index contributed by atoms with van der Waals surface area (Å²) in [4.78, 5) is 0. The highest BCUT2D eigenvalue weighted by molar-refractivity contribution is 5.03. The quantitative estimate of drug-likeness (QED) is 0.678. The molecule has 12 heavy (non-hydrogen) atoms. The largest absolute Gasteiger partial charge is 0.394 e. The summed E-state index contributed by atoms with van der Waals surface area (Å²) in [5.74, 6) is 0.152. The van der Waals surface area contributed by atoms with Gasteiger partial charge in [0.1, 0.15) is 0 Å². The molecular weight excluding hydrogens is 154 g/mol. The summed E-state index contributed by atoms with van der Waals surface area (Å²) < 4.78 is 5.33. The van der Waals surface area contributed by atoms with Crippen molar-refractivity contribution in [1.82, 2.24) is 0 Å². The number of nitriles is 1.